The molecule has 1 aromatic rings. The summed E-state index contributed by atoms with van der Waals surface area (Å²) in [4.78, 5) is 11.1. The van der Waals surface area contributed by atoms with Crippen molar-refractivity contribution in [3.8, 4) is 0 Å². The second kappa shape index (κ2) is 5.25. The zero-order valence-corrected chi connectivity index (χ0v) is 10.1. The van der Waals surface area contributed by atoms with Crippen molar-refractivity contribution in [2.24, 2.45) is 0 Å². The Morgan fingerprint density at radius 2 is 2.19 bits per heavy atom. The molecule has 0 aromatic carbocycles. The number of nitrogens with one attached hydrogen (secondary N) is 1. The molecule has 1 unspecified atom stereocenters. The van der Waals surface area contributed by atoms with Gasteiger partial charge in [0.25, 0.3) is 0 Å². The van der Waals surface area contributed by atoms with Crippen LogP contribution < -0.4 is 10.2 Å². The third kappa shape index (κ3) is 2.50. The first-order valence-electron chi connectivity index (χ1n) is 6.06. The Hall–Kier alpha value is -1.16. The van der Waals surface area contributed by atoms with Crippen LogP contribution in [-0.4, -0.2) is 36.1 Å². The van der Waals surface area contributed by atoms with Crippen LogP contribution in [0.1, 0.15) is 25.3 Å². The topological polar surface area (TPSA) is 41.1 Å². The zero-order valence-electron chi connectivity index (χ0n) is 10.1. The van der Waals surface area contributed by atoms with E-state index in [2.05, 4.69) is 27.1 Å². The van der Waals surface area contributed by atoms with Gasteiger partial charge in [-0.05, 0) is 31.9 Å². The smallest absolute Gasteiger partial charge is 0.225 e. The summed E-state index contributed by atoms with van der Waals surface area (Å²) < 4.78 is 0. The van der Waals surface area contributed by atoms with E-state index in [9.17, 15) is 0 Å². The van der Waals surface area contributed by atoms with Gasteiger partial charge in [0.1, 0.15) is 0 Å². The molecule has 0 bridgehead atoms. The molecule has 1 aliphatic rings. The van der Waals surface area contributed by atoms with E-state index < -0.39 is 0 Å². The molecule has 88 valence electrons. The summed E-state index contributed by atoms with van der Waals surface area (Å²) in [6.45, 7) is 4.21. The Morgan fingerprint density at radius 3 is 2.81 bits per heavy atom. The highest BCUT2D eigenvalue weighted by Gasteiger charge is 2.19. The van der Waals surface area contributed by atoms with Crippen LogP contribution in [0.3, 0.4) is 0 Å². The Balaban J connectivity index is 2.05. The molecule has 4 heteroatoms. The van der Waals surface area contributed by atoms with Crippen LogP contribution in [0.5, 0.6) is 0 Å². The van der Waals surface area contributed by atoms with Crippen molar-refractivity contribution < 1.29 is 0 Å². The minimum Gasteiger partial charge on any atom is -0.339 e. The van der Waals surface area contributed by atoms with Crippen molar-refractivity contribution in [1.29, 1.82) is 0 Å². The predicted molar refractivity (Wildman–Crippen MR) is 65.7 cm³/mol. The first-order valence-corrected chi connectivity index (χ1v) is 6.06. The lowest BCUT2D eigenvalue weighted by atomic mass is 10.1. The number of hydrogen-bond acceptors (Lipinski definition) is 4. The van der Waals surface area contributed by atoms with Crippen molar-refractivity contribution in [3.63, 3.8) is 0 Å². The summed E-state index contributed by atoms with van der Waals surface area (Å²) in [6, 6.07) is 0.572. The number of likely N-dealkylation sites (N-methyl/N-ethyl adjacent to an activating group) is 1. The highest BCUT2D eigenvalue weighted by Crippen LogP contribution is 2.15. The number of aromatic nitrogens is 2. The monoisotopic (exact) mass is 220 g/mol. The molecule has 0 amide bonds. The van der Waals surface area contributed by atoms with E-state index in [1.54, 1.807) is 0 Å². The van der Waals surface area contributed by atoms with Gasteiger partial charge in [-0.2, -0.15) is 0 Å². The molecule has 4 nitrogen and oxygen atoms in total. The van der Waals surface area contributed by atoms with Crippen LogP contribution in [-0.2, 0) is 6.42 Å². The van der Waals surface area contributed by atoms with Gasteiger partial charge in [0, 0.05) is 31.5 Å². The maximum Gasteiger partial charge on any atom is 0.225 e. The minimum atomic E-state index is 0.572. The lowest BCUT2D eigenvalue weighted by Gasteiger charge is -2.32. The van der Waals surface area contributed by atoms with E-state index in [0.29, 0.717) is 6.04 Å². The summed E-state index contributed by atoms with van der Waals surface area (Å²) in [5.41, 5.74) is 1.20. The summed E-state index contributed by atoms with van der Waals surface area (Å²) in [6.07, 6.45) is 7.33. The van der Waals surface area contributed by atoms with Gasteiger partial charge in [0.05, 0.1) is 0 Å². The van der Waals surface area contributed by atoms with Gasteiger partial charge in [0.15, 0.2) is 0 Å². The molecule has 0 aliphatic carbocycles. The summed E-state index contributed by atoms with van der Waals surface area (Å²) in [5.74, 6) is 0.872. The average Bonchev–Trinajstić information content (AvgIpc) is 2.39. The van der Waals surface area contributed by atoms with Crippen molar-refractivity contribution in [2.75, 3.05) is 25.0 Å². The molecule has 0 spiro atoms. The van der Waals surface area contributed by atoms with E-state index >= 15 is 0 Å². The van der Waals surface area contributed by atoms with Crippen molar-refractivity contribution in [3.05, 3.63) is 18.0 Å². The van der Waals surface area contributed by atoms with Crippen molar-refractivity contribution >= 4 is 5.95 Å². The van der Waals surface area contributed by atoms with Gasteiger partial charge < -0.3 is 10.2 Å². The Bertz CT molecular complexity index is 322. The maximum absolute atomic E-state index is 4.43. The van der Waals surface area contributed by atoms with E-state index in [1.165, 1.54) is 18.4 Å². The highest BCUT2D eigenvalue weighted by atomic mass is 15.3. The van der Waals surface area contributed by atoms with Gasteiger partial charge >= 0.3 is 0 Å². The molecular weight excluding hydrogens is 200 g/mol. The highest BCUT2D eigenvalue weighted by molar-refractivity contribution is 5.31. The van der Waals surface area contributed by atoms with E-state index in [1.807, 2.05) is 19.4 Å². The number of aryl methyl sites for hydroxylation is 1. The fraction of sp³-hybridized carbons (Fsp3) is 0.667. The molecule has 2 heterocycles. The molecule has 2 rings (SSSR count). The zero-order chi connectivity index (χ0) is 11.4. The lowest BCUT2D eigenvalue weighted by molar-refractivity contribution is 0.445. The number of nitrogens with zero attached hydrogens (tertiary/aromatic N) is 3. The van der Waals surface area contributed by atoms with Crippen molar-refractivity contribution in [2.45, 2.75) is 32.2 Å². The quantitative estimate of drug-likeness (QED) is 0.832. The third-order valence-electron chi connectivity index (χ3n) is 3.21. The number of rotatable bonds is 3. The summed E-state index contributed by atoms with van der Waals surface area (Å²) >= 11 is 0. The molecule has 1 saturated heterocycles. The van der Waals surface area contributed by atoms with Crippen LogP contribution in [0.25, 0.3) is 0 Å². The molecule has 16 heavy (non-hydrogen) atoms. The standard InChI is InChI=1S/C12H20N4/c1-3-10-7-14-12(15-8-10)16-6-4-5-11(9-16)13-2/h7-8,11,13H,3-6,9H2,1-2H3. The fourth-order valence-electron chi connectivity index (χ4n) is 2.09. The van der Waals surface area contributed by atoms with Crippen LogP contribution in [0, 0.1) is 0 Å². The van der Waals surface area contributed by atoms with E-state index in [0.717, 1.165) is 25.5 Å². The van der Waals surface area contributed by atoms with Gasteiger partial charge in [-0.1, -0.05) is 6.92 Å². The summed E-state index contributed by atoms with van der Waals surface area (Å²) in [5, 5.41) is 3.33. The first kappa shape index (κ1) is 11.3. The molecule has 0 saturated carbocycles. The van der Waals surface area contributed by atoms with Crippen LogP contribution in [0.2, 0.25) is 0 Å². The Labute approximate surface area is 97.1 Å². The van der Waals surface area contributed by atoms with Gasteiger partial charge in [-0.25, -0.2) is 9.97 Å². The maximum atomic E-state index is 4.43. The van der Waals surface area contributed by atoms with Gasteiger partial charge in [0.2, 0.25) is 5.95 Å². The van der Waals surface area contributed by atoms with Crippen LogP contribution >= 0.6 is 0 Å². The van der Waals surface area contributed by atoms with Crippen molar-refractivity contribution in [1.82, 2.24) is 15.3 Å². The predicted octanol–water partition coefficient (Wildman–Crippen LogP) is 1.23. The van der Waals surface area contributed by atoms with Crippen LogP contribution in [0.15, 0.2) is 12.4 Å². The summed E-state index contributed by atoms with van der Waals surface area (Å²) in [7, 11) is 2.02. The van der Waals surface area contributed by atoms with Crippen LogP contribution in [0.4, 0.5) is 5.95 Å². The average molecular weight is 220 g/mol. The first-order chi connectivity index (χ1) is 7.83. The molecule has 0 radical (unpaired) electrons. The Morgan fingerprint density at radius 1 is 1.44 bits per heavy atom. The lowest BCUT2D eigenvalue weighted by Crippen LogP contribution is -2.45. The molecule has 1 aromatic heterocycles. The van der Waals surface area contributed by atoms with E-state index in [4.69, 9.17) is 0 Å². The third-order valence-corrected chi connectivity index (χ3v) is 3.21. The number of hydrogen-bond donors (Lipinski definition) is 1. The minimum absolute atomic E-state index is 0.572. The normalized spacial score (nSPS) is 21.1. The fourth-order valence-corrected chi connectivity index (χ4v) is 2.09. The SMILES string of the molecule is CCc1cnc(N2CCCC(NC)C2)nc1. The second-order valence-corrected chi connectivity index (χ2v) is 4.32. The number of anilines is 1. The molecule has 1 atom stereocenters. The molecule has 1 fully saturated rings. The van der Waals surface area contributed by atoms with Gasteiger partial charge in [-0.3, -0.25) is 0 Å². The number of piperidine rings is 1. The van der Waals surface area contributed by atoms with Gasteiger partial charge in [-0.15, -0.1) is 0 Å². The molecule has 1 N–H and O–H groups in total. The van der Waals surface area contributed by atoms with E-state index in [-0.39, 0.29) is 0 Å². The molecular formula is C12H20N4. The molecule has 1 aliphatic heterocycles. The largest absolute Gasteiger partial charge is 0.339 e. The Kier molecular flexibility index (Phi) is 3.72. The second-order valence-electron chi connectivity index (χ2n) is 4.32.